The zero-order valence-electron chi connectivity index (χ0n) is 14.8. The molecule has 3 rings (SSSR count). The maximum Gasteiger partial charge on any atom is 0.0416 e. The van der Waals surface area contributed by atoms with Gasteiger partial charge in [-0.2, -0.15) is 0 Å². The Morgan fingerprint density at radius 1 is 0.955 bits per heavy atom. The highest BCUT2D eigenvalue weighted by Gasteiger charge is 2.37. The monoisotopic (exact) mass is 300 g/mol. The first-order valence-corrected chi connectivity index (χ1v) is 9.02. The standard InChI is InChI=1S/C20H32N2/c1-12-6-5-7-17-15(4)19(14(3)13(2)18(12)17)20(22)10-8-16(21)9-11-20/h12,16H,5-11,21-22H2,1-4H3. The fourth-order valence-corrected chi connectivity index (χ4v) is 5.12. The van der Waals surface area contributed by atoms with Crippen molar-refractivity contribution in [2.75, 3.05) is 0 Å². The first kappa shape index (κ1) is 16.0. The molecule has 2 nitrogen and oxygen atoms in total. The molecule has 0 spiro atoms. The third-order valence-corrected chi connectivity index (χ3v) is 6.47. The van der Waals surface area contributed by atoms with Crippen molar-refractivity contribution in [2.24, 2.45) is 11.5 Å². The Hall–Kier alpha value is -0.860. The third-order valence-electron chi connectivity index (χ3n) is 6.47. The average molecular weight is 300 g/mol. The molecule has 1 aromatic carbocycles. The van der Waals surface area contributed by atoms with Crippen LogP contribution in [0.4, 0.5) is 0 Å². The normalized spacial score (nSPS) is 31.9. The molecule has 1 atom stereocenters. The maximum absolute atomic E-state index is 6.93. The lowest BCUT2D eigenvalue weighted by atomic mass is 9.68. The van der Waals surface area contributed by atoms with Crippen LogP contribution in [-0.2, 0) is 12.0 Å². The second-order valence-corrected chi connectivity index (χ2v) is 7.93. The molecule has 22 heavy (non-hydrogen) atoms. The van der Waals surface area contributed by atoms with Crippen LogP contribution in [0.1, 0.15) is 84.7 Å². The Morgan fingerprint density at radius 3 is 2.23 bits per heavy atom. The van der Waals surface area contributed by atoms with Gasteiger partial charge < -0.3 is 11.5 Å². The first-order valence-electron chi connectivity index (χ1n) is 9.02. The van der Waals surface area contributed by atoms with E-state index in [0.29, 0.717) is 12.0 Å². The molecule has 1 unspecified atom stereocenters. The number of rotatable bonds is 1. The summed E-state index contributed by atoms with van der Waals surface area (Å²) in [6, 6.07) is 0.344. The van der Waals surface area contributed by atoms with E-state index >= 15 is 0 Å². The molecule has 1 fully saturated rings. The first-order chi connectivity index (χ1) is 10.3. The van der Waals surface area contributed by atoms with Crippen molar-refractivity contribution in [3.05, 3.63) is 33.4 Å². The van der Waals surface area contributed by atoms with Crippen LogP contribution in [0, 0.1) is 20.8 Å². The molecule has 2 aliphatic rings. The molecule has 122 valence electrons. The van der Waals surface area contributed by atoms with Crippen LogP contribution >= 0.6 is 0 Å². The highest BCUT2D eigenvalue weighted by molar-refractivity contribution is 5.55. The zero-order chi connectivity index (χ0) is 16.1. The van der Waals surface area contributed by atoms with E-state index in [0.717, 1.165) is 25.7 Å². The van der Waals surface area contributed by atoms with Crippen molar-refractivity contribution in [3.8, 4) is 0 Å². The van der Waals surface area contributed by atoms with Gasteiger partial charge >= 0.3 is 0 Å². The van der Waals surface area contributed by atoms with E-state index in [4.69, 9.17) is 11.5 Å². The summed E-state index contributed by atoms with van der Waals surface area (Å²) in [5, 5.41) is 0. The van der Waals surface area contributed by atoms with E-state index in [2.05, 4.69) is 27.7 Å². The zero-order valence-corrected chi connectivity index (χ0v) is 14.8. The summed E-state index contributed by atoms with van der Waals surface area (Å²) in [4.78, 5) is 0. The van der Waals surface area contributed by atoms with Crippen LogP contribution in [0.2, 0.25) is 0 Å². The van der Waals surface area contributed by atoms with Crippen LogP contribution in [0.3, 0.4) is 0 Å². The summed E-state index contributed by atoms with van der Waals surface area (Å²) in [6.07, 6.45) is 8.06. The van der Waals surface area contributed by atoms with E-state index in [-0.39, 0.29) is 5.54 Å². The highest BCUT2D eigenvalue weighted by Crippen LogP contribution is 2.44. The van der Waals surface area contributed by atoms with Crippen molar-refractivity contribution >= 4 is 0 Å². The molecular weight excluding hydrogens is 268 g/mol. The van der Waals surface area contributed by atoms with Gasteiger partial charge in [0.15, 0.2) is 0 Å². The van der Waals surface area contributed by atoms with Crippen LogP contribution in [0.5, 0.6) is 0 Å². The van der Waals surface area contributed by atoms with Gasteiger partial charge in [-0.3, -0.25) is 0 Å². The Kier molecular flexibility index (Phi) is 4.11. The Balaban J connectivity index is 2.15. The van der Waals surface area contributed by atoms with Gasteiger partial charge in [-0.05, 0) is 105 Å². The van der Waals surface area contributed by atoms with Crippen molar-refractivity contribution in [1.82, 2.24) is 0 Å². The van der Waals surface area contributed by atoms with Crippen LogP contribution < -0.4 is 11.5 Å². The second kappa shape index (κ2) is 5.65. The number of nitrogens with two attached hydrogens (primary N) is 2. The van der Waals surface area contributed by atoms with Gasteiger partial charge in [0.2, 0.25) is 0 Å². The van der Waals surface area contributed by atoms with Crippen molar-refractivity contribution < 1.29 is 0 Å². The van der Waals surface area contributed by atoms with Crippen molar-refractivity contribution in [1.29, 1.82) is 0 Å². The summed E-state index contributed by atoms with van der Waals surface area (Å²) in [5.74, 6) is 0.698. The minimum Gasteiger partial charge on any atom is -0.328 e. The average Bonchev–Trinajstić information content (AvgIpc) is 2.48. The summed E-state index contributed by atoms with van der Waals surface area (Å²) < 4.78 is 0. The molecule has 2 aliphatic carbocycles. The molecule has 0 amide bonds. The predicted octanol–water partition coefficient (Wildman–Crippen LogP) is 4.11. The highest BCUT2D eigenvalue weighted by atomic mass is 14.8. The Morgan fingerprint density at radius 2 is 1.59 bits per heavy atom. The van der Waals surface area contributed by atoms with Gasteiger partial charge in [0.05, 0.1) is 0 Å². The quantitative estimate of drug-likeness (QED) is 0.820. The second-order valence-electron chi connectivity index (χ2n) is 7.93. The van der Waals surface area contributed by atoms with E-state index < -0.39 is 0 Å². The lowest BCUT2D eigenvalue weighted by Crippen LogP contribution is -2.45. The molecule has 0 aliphatic heterocycles. The fraction of sp³-hybridized carbons (Fsp3) is 0.700. The molecular formula is C20H32N2. The number of fused-ring (bicyclic) bond motifs is 1. The van der Waals surface area contributed by atoms with Gasteiger partial charge in [-0.25, -0.2) is 0 Å². The largest absolute Gasteiger partial charge is 0.328 e. The van der Waals surface area contributed by atoms with Crippen molar-refractivity contribution in [3.63, 3.8) is 0 Å². The summed E-state index contributed by atoms with van der Waals surface area (Å²) >= 11 is 0. The number of benzene rings is 1. The van der Waals surface area contributed by atoms with Crippen LogP contribution in [0.15, 0.2) is 0 Å². The molecule has 0 bridgehead atoms. The Bertz CT molecular complexity index is 580. The topological polar surface area (TPSA) is 52.0 Å². The van der Waals surface area contributed by atoms with Crippen LogP contribution in [-0.4, -0.2) is 6.04 Å². The summed E-state index contributed by atoms with van der Waals surface area (Å²) in [7, 11) is 0. The molecule has 0 saturated heterocycles. The summed E-state index contributed by atoms with van der Waals surface area (Å²) in [6.45, 7) is 9.32. The molecule has 2 heteroatoms. The van der Waals surface area contributed by atoms with Crippen molar-refractivity contribution in [2.45, 2.75) is 90.1 Å². The predicted molar refractivity (Wildman–Crippen MR) is 94.3 cm³/mol. The Labute approximate surface area is 135 Å². The van der Waals surface area contributed by atoms with E-state index in [1.165, 1.54) is 41.5 Å². The van der Waals surface area contributed by atoms with E-state index in [9.17, 15) is 0 Å². The number of hydrogen-bond acceptors (Lipinski definition) is 2. The minimum absolute atomic E-state index is 0.162. The maximum atomic E-state index is 6.93. The molecule has 1 aromatic rings. The van der Waals surface area contributed by atoms with Crippen LogP contribution in [0.25, 0.3) is 0 Å². The van der Waals surface area contributed by atoms with Gasteiger partial charge in [0, 0.05) is 11.6 Å². The lowest BCUT2D eigenvalue weighted by Gasteiger charge is -2.41. The van der Waals surface area contributed by atoms with Gasteiger partial charge in [0.25, 0.3) is 0 Å². The minimum atomic E-state index is -0.162. The smallest absolute Gasteiger partial charge is 0.0416 e. The third kappa shape index (κ3) is 2.41. The molecule has 4 N–H and O–H groups in total. The molecule has 0 heterocycles. The SMILES string of the molecule is Cc1c(C)c(C2(N)CCC(N)CC2)c(C)c2c1C(C)CCC2. The molecule has 1 saturated carbocycles. The lowest BCUT2D eigenvalue weighted by molar-refractivity contribution is 0.275. The molecule has 0 radical (unpaired) electrons. The van der Waals surface area contributed by atoms with E-state index in [1.54, 1.807) is 11.1 Å². The summed E-state index contributed by atoms with van der Waals surface area (Å²) in [5.41, 5.74) is 22.0. The number of hydrogen-bond donors (Lipinski definition) is 2. The van der Waals surface area contributed by atoms with Gasteiger partial charge in [-0.15, -0.1) is 0 Å². The van der Waals surface area contributed by atoms with Gasteiger partial charge in [-0.1, -0.05) is 6.92 Å². The van der Waals surface area contributed by atoms with Gasteiger partial charge in [0.1, 0.15) is 0 Å². The molecule has 0 aromatic heterocycles. The van der Waals surface area contributed by atoms with E-state index in [1.807, 2.05) is 0 Å². The fourth-order valence-electron chi connectivity index (χ4n) is 5.12.